The van der Waals surface area contributed by atoms with Crippen LogP contribution in [0.4, 0.5) is 5.69 Å². The summed E-state index contributed by atoms with van der Waals surface area (Å²) >= 11 is 0. The van der Waals surface area contributed by atoms with Crippen LogP contribution >= 0.6 is 0 Å². The molecule has 1 aliphatic rings. The van der Waals surface area contributed by atoms with E-state index in [4.69, 9.17) is 9.47 Å². The lowest BCUT2D eigenvalue weighted by Gasteiger charge is -2.17. The van der Waals surface area contributed by atoms with Crippen LogP contribution in [-0.2, 0) is 16.1 Å². The van der Waals surface area contributed by atoms with Gasteiger partial charge in [0.25, 0.3) is 0 Å². The van der Waals surface area contributed by atoms with Crippen molar-refractivity contribution in [2.45, 2.75) is 38.8 Å². The highest BCUT2D eigenvalue weighted by atomic mass is 16.5. The molecule has 4 rings (SSSR count). The molecule has 1 N–H and O–H groups in total. The Morgan fingerprint density at radius 2 is 1.86 bits per heavy atom. The highest BCUT2D eigenvalue weighted by Crippen LogP contribution is 2.30. The van der Waals surface area contributed by atoms with Crippen LogP contribution in [-0.4, -0.2) is 52.8 Å². The smallest absolute Gasteiger partial charge is 0.244 e. The maximum absolute atomic E-state index is 12.7. The van der Waals surface area contributed by atoms with Crippen molar-refractivity contribution >= 4 is 17.5 Å². The fraction of sp³-hybridized carbons (Fsp3) is 0.370. The molecule has 1 heterocycles. The molecule has 3 aromatic rings. The SMILES string of the molecule is Cc1ccc(OCCN(C)C(=O)Cn2cc(NC(=O)[C@@H]3CC[C@@H](Oc4ccccc4)C3)cn2)cc1. The Labute approximate surface area is 205 Å². The van der Waals surface area contributed by atoms with Gasteiger partial charge in [-0.15, -0.1) is 0 Å². The number of nitrogens with one attached hydrogen (secondary N) is 1. The number of para-hydroxylation sites is 1. The van der Waals surface area contributed by atoms with E-state index in [1.165, 1.54) is 10.2 Å². The van der Waals surface area contributed by atoms with Crippen LogP contribution in [0.5, 0.6) is 11.5 Å². The average Bonchev–Trinajstić information content (AvgIpc) is 3.50. The molecule has 35 heavy (non-hydrogen) atoms. The molecule has 0 spiro atoms. The Morgan fingerprint density at radius 1 is 1.09 bits per heavy atom. The quantitative estimate of drug-likeness (QED) is 0.480. The van der Waals surface area contributed by atoms with E-state index in [1.54, 1.807) is 24.3 Å². The third kappa shape index (κ3) is 7.09. The van der Waals surface area contributed by atoms with Crippen LogP contribution in [0, 0.1) is 12.8 Å². The maximum Gasteiger partial charge on any atom is 0.244 e. The zero-order valence-electron chi connectivity index (χ0n) is 20.2. The molecule has 0 unspecified atom stereocenters. The molecule has 8 nitrogen and oxygen atoms in total. The molecular weight excluding hydrogens is 444 g/mol. The summed E-state index contributed by atoms with van der Waals surface area (Å²) in [4.78, 5) is 26.9. The second kappa shape index (κ2) is 11.6. The van der Waals surface area contributed by atoms with E-state index < -0.39 is 0 Å². The van der Waals surface area contributed by atoms with E-state index in [0.29, 0.717) is 25.3 Å². The molecule has 2 atom stereocenters. The number of aryl methyl sites for hydroxylation is 1. The molecule has 1 fully saturated rings. The second-order valence-electron chi connectivity index (χ2n) is 8.96. The molecule has 2 amide bonds. The summed E-state index contributed by atoms with van der Waals surface area (Å²) in [5.41, 5.74) is 1.75. The lowest BCUT2D eigenvalue weighted by molar-refractivity contribution is -0.131. The molecule has 1 saturated carbocycles. The number of likely N-dealkylation sites (N-methyl/N-ethyl adjacent to an activating group) is 1. The van der Waals surface area contributed by atoms with Crippen molar-refractivity contribution in [3.05, 3.63) is 72.6 Å². The third-order valence-corrected chi connectivity index (χ3v) is 6.14. The first kappa shape index (κ1) is 24.3. The first-order valence-electron chi connectivity index (χ1n) is 11.9. The average molecular weight is 477 g/mol. The third-order valence-electron chi connectivity index (χ3n) is 6.14. The number of benzene rings is 2. The van der Waals surface area contributed by atoms with Crippen LogP contribution in [0.3, 0.4) is 0 Å². The van der Waals surface area contributed by atoms with Crippen LogP contribution in [0.25, 0.3) is 0 Å². The van der Waals surface area contributed by atoms with Crippen molar-refractivity contribution < 1.29 is 19.1 Å². The van der Waals surface area contributed by atoms with Gasteiger partial charge in [0.1, 0.15) is 24.7 Å². The highest BCUT2D eigenvalue weighted by molar-refractivity contribution is 5.92. The number of nitrogens with zero attached hydrogens (tertiary/aromatic N) is 3. The lowest BCUT2D eigenvalue weighted by atomic mass is 10.1. The van der Waals surface area contributed by atoms with E-state index in [1.807, 2.05) is 61.5 Å². The molecule has 1 aliphatic carbocycles. The number of ether oxygens (including phenoxy) is 2. The minimum absolute atomic E-state index is 0.0408. The van der Waals surface area contributed by atoms with Gasteiger partial charge in [-0.3, -0.25) is 14.3 Å². The number of carbonyl (C=O) groups excluding carboxylic acids is 2. The van der Waals surface area contributed by atoms with Crippen LogP contribution in [0.2, 0.25) is 0 Å². The Morgan fingerprint density at radius 3 is 2.63 bits per heavy atom. The van der Waals surface area contributed by atoms with Gasteiger partial charge >= 0.3 is 0 Å². The standard InChI is InChI=1S/C27H32N4O4/c1-20-8-11-23(12-9-20)34-15-14-30(2)26(32)19-31-18-22(17-28-31)29-27(33)21-10-13-25(16-21)35-24-6-4-3-5-7-24/h3-9,11-12,17-18,21,25H,10,13-16,19H2,1-2H3,(H,29,33)/t21-,25-/m1/s1. The molecular formula is C27H32N4O4. The number of aromatic nitrogens is 2. The largest absolute Gasteiger partial charge is 0.492 e. The minimum atomic E-state index is -0.103. The van der Waals surface area contributed by atoms with Crippen molar-refractivity contribution in [1.82, 2.24) is 14.7 Å². The van der Waals surface area contributed by atoms with Crippen molar-refractivity contribution in [3.8, 4) is 11.5 Å². The van der Waals surface area contributed by atoms with Gasteiger partial charge in [-0.25, -0.2) is 0 Å². The van der Waals surface area contributed by atoms with Gasteiger partial charge in [-0.05, 0) is 50.5 Å². The van der Waals surface area contributed by atoms with Gasteiger partial charge in [-0.1, -0.05) is 35.9 Å². The molecule has 0 radical (unpaired) electrons. The summed E-state index contributed by atoms with van der Waals surface area (Å²) in [5, 5.41) is 7.15. The van der Waals surface area contributed by atoms with E-state index >= 15 is 0 Å². The predicted molar refractivity (Wildman–Crippen MR) is 133 cm³/mol. The van der Waals surface area contributed by atoms with E-state index in [0.717, 1.165) is 24.3 Å². The van der Waals surface area contributed by atoms with Crippen molar-refractivity contribution in [3.63, 3.8) is 0 Å². The molecule has 0 aliphatic heterocycles. The van der Waals surface area contributed by atoms with Gasteiger partial charge < -0.3 is 19.7 Å². The topological polar surface area (TPSA) is 85.7 Å². The predicted octanol–water partition coefficient (Wildman–Crippen LogP) is 3.92. The number of hydrogen-bond donors (Lipinski definition) is 1. The first-order chi connectivity index (χ1) is 17.0. The second-order valence-corrected chi connectivity index (χ2v) is 8.96. The van der Waals surface area contributed by atoms with Crippen molar-refractivity contribution in [1.29, 1.82) is 0 Å². The maximum atomic E-state index is 12.7. The monoisotopic (exact) mass is 476 g/mol. The van der Waals surface area contributed by atoms with Crippen molar-refractivity contribution in [2.24, 2.45) is 5.92 Å². The number of carbonyl (C=O) groups is 2. The van der Waals surface area contributed by atoms with Gasteiger partial charge in [0.15, 0.2) is 0 Å². The number of amides is 2. The number of rotatable bonds is 10. The fourth-order valence-corrected chi connectivity index (χ4v) is 4.05. The van der Waals surface area contributed by atoms with E-state index in [2.05, 4.69) is 10.4 Å². The van der Waals surface area contributed by atoms with Crippen LogP contribution in [0.1, 0.15) is 24.8 Å². The summed E-state index contributed by atoms with van der Waals surface area (Å²) in [6.07, 6.45) is 5.60. The molecule has 1 aromatic heterocycles. The molecule has 2 aromatic carbocycles. The van der Waals surface area contributed by atoms with E-state index in [-0.39, 0.29) is 30.4 Å². The summed E-state index contributed by atoms with van der Waals surface area (Å²) < 4.78 is 13.2. The highest BCUT2D eigenvalue weighted by Gasteiger charge is 2.31. The summed E-state index contributed by atoms with van der Waals surface area (Å²) in [6, 6.07) is 17.5. The van der Waals surface area contributed by atoms with Gasteiger partial charge in [-0.2, -0.15) is 5.10 Å². The lowest BCUT2D eigenvalue weighted by Crippen LogP contribution is -2.33. The molecule has 184 valence electrons. The zero-order chi connectivity index (χ0) is 24.6. The normalized spacial score (nSPS) is 17.1. The minimum Gasteiger partial charge on any atom is -0.492 e. The van der Waals surface area contributed by atoms with Crippen LogP contribution in [0.15, 0.2) is 67.0 Å². The Hall–Kier alpha value is -3.81. The summed E-state index contributed by atoms with van der Waals surface area (Å²) in [7, 11) is 1.74. The van der Waals surface area contributed by atoms with Gasteiger partial charge in [0.2, 0.25) is 11.8 Å². The molecule has 8 heteroatoms. The number of anilines is 1. The van der Waals surface area contributed by atoms with Gasteiger partial charge in [0.05, 0.1) is 24.5 Å². The molecule has 0 bridgehead atoms. The first-order valence-corrected chi connectivity index (χ1v) is 11.9. The Balaban J connectivity index is 1.19. The fourth-order valence-electron chi connectivity index (χ4n) is 4.05. The van der Waals surface area contributed by atoms with Gasteiger partial charge in [0, 0.05) is 19.2 Å². The Bertz CT molecular complexity index is 1110. The molecule has 0 saturated heterocycles. The summed E-state index contributed by atoms with van der Waals surface area (Å²) in [6.45, 7) is 2.98. The summed E-state index contributed by atoms with van der Waals surface area (Å²) in [5.74, 6) is 1.38. The van der Waals surface area contributed by atoms with Crippen LogP contribution < -0.4 is 14.8 Å². The zero-order valence-corrected chi connectivity index (χ0v) is 20.2. The van der Waals surface area contributed by atoms with E-state index in [9.17, 15) is 9.59 Å². The van der Waals surface area contributed by atoms with Crippen molar-refractivity contribution in [2.75, 3.05) is 25.5 Å². The Kier molecular flexibility index (Phi) is 8.03. The number of hydrogen-bond acceptors (Lipinski definition) is 5.